The summed E-state index contributed by atoms with van der Waals surface area (Å²) >= 11 is 1.41. The van der Waals surface area contributed by atoms with Gasteiger partial charge in [-0.15, -0.1) is 11.3 Å². The fourth-order valence-corrected chi connectivity index (χ4v) is 7.54. The normalized spacial score (nSPS) is 15.9. The van der Waals surface area contributed by atoms with Crippen molar-refractivity contribution in [1.82, 2.24) is 24.6 Å². The van der Waals surface area contributed by atoms with Gasteiger partial charge in [-0.25, -0.2) is 13.8 Å². The van der Waals surface area contributed by atoms with Crippen molar-refractivity contribution >= 4 is 33.2 Å². The van der Waals surface area contributed by atoms with Gasteiger partial charge in [-0.1, -0.05) is 12.6 Å². The number of nitrogens with zero attached hydrogens (tertiary/aromatic N) is 5. The van der Waals surface area contributed by atoms with Gasteiger partial charge >= 0.3 is 0 Å². The molecule has 0 radical (unpaired) electrons. The lowest BCUT2D eigenvalue weighted by molar-refractivity contribution is -0.129. The highest BCUT2D eigenvalue weighted by molar-refractivity contribution is 7.18. The van der Waals surface area contributed by atoms with E-state index in [1.54, 1.807) is 16.8 Å². The lowest BCUT2D eigenvalue weighted by atomic mass is 9.93. The second-order valence-corrected chi connectivity index (χ2v) is 12.8. The monoisotopic (exact) mass is 669 g/mol. The van der Waals surface area contributed by atoms with Crippen LogP contribution in [-0.2, 0) is 22.5 Å². The molecular formula is C36H33F2N5O4S. The first kappa shape index (κ1) is 31.6. The summed E-state index contributed by atoms with van der Waals surface area (Å²) in [5.41, 5.74) is 5.17. The van der Waals surface area contributed by atoms with E-state index in [0.717, 1.165) is 28.3 Å². The molecule has 9 nitrogen and oxygen atoms in total. The maximum Gasteiger partial charge on any atom is 0.253 e. The number of aromatic nitrogens is 3. The first-order valence-corrected chi connectivity index (χ1v) is 16.5. The first-order valence-electron chi connectivity index (χ1n) is 15.6. The number of hydrogen-bond acceptors (Lipinski definition) is 7. The highest BCUT2D eigenvalue weighted by atomic mass is 32.1. The van der Waals surface area contributed by atoms with Gasteiger partial charge in [0.05, 0.1) is 36.1 Å². The Bertz CT molecular complexity index is 2110. The Kier molecular flexibility index (Phi) is 8.30. The molecule has 1 atom stereocenters. The summed E-state index contributed by atoms with van der Waals surface area (Å²) in [7, 11) is 3.31. The second-order valence-electron chi connectivity index (χ2n) is 11.9. The largest absolute Gasteiger partial charge is 0.490 e. The lowest BCUT2D eigenvalue weighted by Gasteiger charge is -2.33. The highest BCUT2D eigenvalue weighted by Crippen LogP contribution is 2.47. The molecule has 7 rings (SSSR count). The van der Waals surface area contributed by atoms with Crippen molar-refractivity contribution in [3.05, 3.63) is 89.0 Å². The standard InChI is InChI=1S/C36H33F2N5O4S/c1-5-30(44)42-11-12-43-28(20(42)2)19-27(40-43)34-32(31-26(38)17-23(37)18-29(31)47-14-13-46-4)35-25(9-15-48-35)33(39-34)22-6-7-24-21(16-22)8-10-41(3)36(24)45/h5-7,9,15-20H,1,8,10-14H2,2-4H3/t20-/m1/s1. The first-order chi connectivity index (χ1) is 23.2. The topological polar surface area (TPSA) is 89.8 Å². The van der Waals surface area contributed by atoms with Crippen LogP contribution in [0.2, 0.25) is 0 Å². The van der Waals surface area contributed by atoms with E-state index in [0.29, 0.717) is 59.0 Å². The van der Waals surface area contributed by atoms with E-state index < -0.39 is 11.6 Å². The maximum absolute atomic E-state index is 16.1. The van der Waals surface area contributed by atoms with Gasteiger partial charge in [0.2, 0.25) is 5.91 Å². The number of thiophene rings is 1. The molecule has 5 heterocycles. The van der Waals surface area contributed by atoms with Crippen LogP contribution in [0.15, 0.2) is 60.5 Å². The third-order valence-electron chi connectivity index (χ3n) is 9.05. The number of rotatable bonds is 8. The van der Waals surface area contributed by atoms with Gasteiger partial charge in [-0.3, -0.25) is 14.3 Å². The van der Waals surface area contributed by atoms with Gasteiger partial charge < -0.3 is 19.3 Å². The van der Waals surface area contributed by atoms with Crippen LogP contribution in [0.3, 0.4) is 0 Å². The van der Waals surface area contributed by atoms with Crippen LogP contribution in [0.4, 0.5) is 8.78 Å². The third kappa shape index (κ3) is 5.34. The summed E-state index contributed by atoms with van der Waals surface area (Å²) < 4.78 is 44.4. The van der Waals surface area contributed by atoms with Crippen LogP contribution in [0, 0.1) is 11.6 Å². The van der Waals surface area contributed by atoms with E-state index in [-0.39, 0.29) is 42.4 Å². The van der Waals surface area contributed by atoms with Crippen molar-refractivity contribution in [3.63, 3.8) is 0 Å². The lowest BCUT2D eigenvalue weighted by Crippen LogP contribution is -2.40. The molecule has 0 fully saturated rings. The van der Waals surface area contributed by atoms with Crippen molar-refractivity contribution in [1.29, 1.82) is 0 Å². The molecule has 0 N–H and O–H groups in total. The fraction of sp³-hybridized carbons (Fsp3) is 0.278. The molecule has 5 aromatic rings. The SMILES string of the molecule is C=CC(=O)N1CCn2nc(-c3nc(-c4ccc5c(c4)CCN(C)C5=O)c4ccsc4c3-c3c(F)cc(F)cc3OCCOC)cc2[C@H]1C. The Morgan fingerprint density at radius 2 is 1.92 bits per heavy atom. The molecule has 2 aliphatic heterocycles. The van der Waals surface area contributed by atoms with Crippen molar-refractivity contribution < 1.29 is 27.8 Å². The van der Waals surface area contributed by atoms with Gasteiger partial charge in [0.15, 0.2) is 0 Å². The summed E-state index contributed by atoms with van der Waals surface area (Å²) in [6.45, 7) is 7.38. The van der Waals surface area contributed by atoms with Crippen LogP contribution in [-0.4, -0.2) is 76.8 Å². The fourth-order valence-electron chi connectivity index (χ4n) is 6.59. The second kappa shape index (κ2) is 12.6. The molecule has 2 aliphatic rings. The molecule has 48 heavy (non-hydrogen) atoms. The minimum atomic E-state index is -0.801. The Morgan fingerprint density at radius 3 is 2.71 bits per heavy atom. The molecular weight excluding hydrogens is 636 g/mol. The number of carbonyl (C=O) groups excluding carboxylic acids is 2. The number of halogens is 2. The van der Waals surface area contributed by atoms with Crippen LogP contribution >= 0.6 is 11.3 Å². The summed E-state index contributed by atoms with van der Waals surface area (Å²) in [6.07, 6.45) is 2.00. The Hall–Kier alpha value is -4.94. The number of benzene rings is 2. The molecule has 246 valence electrons. The molecule has 0 saturated carbocycles. The van der Waals surface area contributed by atoms with E-state index in [2.05, 4.69) is 6.58 Å². The average molecular weight is 670 g/mol. The van der Waals surface area contributed by atoms with Crippen molar-refractivity contribution in [2.45, 2.75) is 25.9 Å². The van der Waals surface area contributed by atoms with Gasteiger partial charge in [0.1, 0.15) is 35.4 Å². The van der Waals surface area contributed by atoms with Crippen LogP contribution in [0.1, 0.15) is 34.6 Å². The summed E-state index contributed by atoms with van der Waals surface area (Å²) in [5.74, 6) is -1.76. The number of likely N-dealkylation sites (N-methyl/N-ethyl adjacent to an activating group) is 1. The zero-order valence-corrected chi connectivity index (χ0v) is 27.6. The number of carbonyl (C=O) groups is 2. The molecule has 0 saturated heterocycles. The van der Waals surface area contributed by atoms with E-state index in [9.17, 15) is 14.0 Å². The smallest absolute Gasteiger partial charge is 0.253 e. The molecule has 2 aromatic carbocycles. The van der Waals surface area contributed by atoms with E-state index >= 15 is 4.39 Å². The summed E-state index contributed by atoms with van der Waals surface area (Å²) in [4.78, 5) is 34.1. The molecule has 0 aliphatic carbocycles. The van der Waals surface area contributed by atoms with Crippen molar-refractivity contribution in [3.8, 4) is 39.5 Å². The number of ether oxygens (including phenoxy) is 2. The number of methoxy groups -OCH3 is 1. The van der Waals surface area contributed by atoms with Crippen molar-refractivity contribution in [2.75, 3.05) is 40.5 Å². The van der Waals surface area contributed by atoms with Gasteiger partial charge in [0.25, 0.3) is 5.91 Å². The molecule has 0 bridgehead atoms. The molecule has 0 unspecified atom stereocenters. The number of hydrogen-bond donors (Lipinski definition) is 0. The van der Waals surface area contributed by atoms with Gasteiger partial charge in [0, 0.05) is 66.2 Å². The zero-order chi connectivity index (χ0) is 33.7. The maximum atomic E-state index is 16.1. The molecule has 3 aromatic heterocycles. The minimum Gasteiger partial charge on any atom is -0.490 e. The minimum absolute atomic E-state index is 0.0200. The highest BCUT2D eigenvalue weighted by Gasteiger charge is 2.32. The molecule has 12 heteroatoms. The van der Waals surface area contributed by atoms with Gasteiger partial charge in [-0.05, 0) is 54.6 Å². The Labute approximate surface area is 280 Å². The predicted molar refractivity (Wildman–Crippen MR) is 180 cm³/mol. The van der Waals surface area contributed by atoms with Crippen LogP contribution < -0.4 is 4.74 Å². The average Bonchev–Trinajstić information content (AvgIpc) is 3.74. The Morgan fingerprint density at radius 1 is 1.08 bits per heavy atom. The van der Waals surface area contributed by atoms with Crippen LogP contribution in [0.5, 0.6) is 5.75 Å². The van der Waals surface area contributed by atoms with E-state index in [1.807, 2.05) is 47.3 Å². The number of fused-ring (bicyclic) bond motifs is 3. The summed E-state index contributed by atoms with van der Waals surface area (Å²) in [6, 6.07) is 11.2. The summed E-state index contributed by atoms with van der Waals surface area (Å²) in [5, 5.41) is 7.61. The number of amides is 2. The van der Waals surface area contributed by atoms with Crippen molar-refractivity contribution in [2.24, 2.45) is 0 Å². The number of pyridine rings is 1. The van der Waals surface area contributed by atoms with Crippen LogP contribution in [0.25, 0.3) is 43.9 Å². The zero-order valence-electron chi connectivity index (χ0n) is 26.8. The van der Waals surface area contributed by atoms with E-state index in [1.165, 1.54) is 30.6 Å². The third-order valence-corrected chi connectivity index (χ3v) is 9.99. The Balaban J connectivity index is 1.48. The molecule has 0 spiro atoms. The van der Waals surface area contributed by atoms with E-state index in [4.69, 9.17) is 19.6 Å². The molecule has 2 amide bonds. The van der Waals surface area contributed by atoms with Gasteiger partial charge in [-0.2, -0.15) is 5.10 Å². The predicted octanol–water partition coefficient (Wildman–Crippen LogP) is 6.51. The quantitative estimate of drug-likeness (QED) is 0.138.